The van der Waals surface area contributed by atoms with Crippen LogP contribution in [0, 0.1) is 11.3 Å². The molecule has 0 unspecified atom stereocenters. The zero-order chi connectivity index (χ0) is 22.4. The average Bonchev–Trinajstić information content (AvgIpc) is 3.24. The molecule has 162 valence electrons. The number of halogens is 3. The lowest BCUT2D eigenvalue weighted by Gasteiger charge is -2.11. The normalized spacial score (nSPS) is 11.0. The molecule has 8 nitrogen and oxygen atoms in total. The van der Waals surface area contributed by atoms with E-state index in [1.54, 1.807) is 25.3 Å². The van der Waals surface area contributed by atoms with Gasteiger partial charge in [-0.15, -0.1) is 0 Å². The third kappa shape index (κ3) is 5.57. The molecule has 0 amide bonds. The summed E-state index contributed by atoms with van der Waals surface area (Å²) >= 11 is 0. The summed E-state index contributed by atoms with van der Waals surface area (Å²) < 4.78 is 57.3. The quantitative estimate of drug-likeness (QED) is 0.563. The van der Waals surface area contributed by atoms with Gasteiger partial charge in [0, 0.05) is 11.8 Å². The van der Waals surface area contributed by atoms with Crippen molar-refractivity contribution >= 4 is 5.69 Å². The monoisotopic (exact) mass is 434 g/mol. The highest BCUT2D eigenvalue weighted by molar-refractivity contribution is 5.65. The Balaban J connectivity index is 1.69. The Hall–Kier alpha value is -3.94. The first-order valence-corrected chi connectivity index (χ1v) is 8.85. The molecule has 0 aliphatic rings. The summed E-state index contributed by atoms with van der Waals surface area (Å²) in [5.41, 5.74) is 1.04. The number of rotatable bonds is 8. The van der Waals surface area contributed by atoms with Gasteiger partial charge in [0.25, 0.3) is 0 Å². The van der Waals surface area contributed by atoms with E-state index in [0.29, 0.717) is 28.6 Å². The predicted octanol–water partition coefficient (Wildman–Crippen LogP) is 4.18. The molecule has 0 aliphatic heterocycles. The van der Waals surface area contributed by atoms with Crippen molar-refractivity contribution in [3.8, 4) is 34.7 Å². The molecule has 0 bridgehead atoms. The van der Waals surface area contributed by atoms with Crippen molar-refractivity contribution in [3.63, 3.8) is 0 Å². The largest absolute Gasteiger partial charge is 0.497 e. The number of benzene rings is 2. The number of methoxy groups -OCH3 is 2. The predicted molar refractivity (Wildman–Crippen MR) is 103 cm³/mol. The fourth-order valence-corrected chi connectivity index (χ4v) is 2.61. The molecule has 3 aromatic rings. The second kappa shape index (κ2) is 9.25. The van der Waals surface area contributed by atoms with Crippen molar-refractivity contribution in [1.29, 1.82) is 5.26 Å². The zero-order valence-electron chi connectivity index (χ0n) is 16.5. The van der Waals surface area contributed by atoms with Gasteiger partial charge in [0.1, 0.15) is 23.3 Å². The van der Waals surface area contributed by atoms with Crippen molar-refractivity contribution in [2.24, 2.45) is 0 Å². The van der Waals surface area contributed by atoms with Crippen molar-refractivity contribution in [2.45, 2.75) is 12.7 Å². The number of hydrogen-bond donors (Lipinski definition) is 1. The van der Waals surface area contributed by atoms with Gasteiger partial charge in [-0.25, -0.2) is 0 Å². The molecule has 1 heterocycles. The van der Waals surface area contributed by atoms with Gasteiger partial charge in [-0.1, -0.05) is 5.16 Å². The molecule has 0 radical (unpaired) electrons. The Morgan fingerprint density at radius 1 is 1.10 bits per heavy atom. The van der Waals surface area contributed by atoms with Crippen molar-refractivity contribution in [2.75, 3.05) is 26.1 Å². The molecule has 3 rings (SSSR count). The summed E-state index contributed by atoms with van der Waals surface area (Å²) in [6.07, 6.45) is -4.49. The lowest BCUT2D eigenvalue weighted by molar-refractivity contribution is -0.153. The number of nitrogens with one attached hydrogen (secondary N) is 1. The Morgan fingerprint density at radius 2 is 1.90 bits per heavy atom. The van der Waals surface area contributed by atoms with Crippen LogP contribution in [0.3, 0.4) is 0 Å². The van der Waals surface area contributed by atoms with E-state index in [-0.39, 0.29) is 23.7 Å². The van der Waals surface area contributed by atoms with E-state index >= 15 is 0 Å². The standard InChI is InChI=1S/C20H17F3N4O4/c1-28-14-4-5-15(17(8-14)29-2)19-26-18(31-27-19)10-25-13-3-6-16(12(7-13)9-24)30-11-20(21,22)23/h3-8,25H,10-11H2,1-2H3. The van der Waals surface area contributed by atoms with Gasteiger partial charge < -0.3 is 24.1 Å². The molecule has 0 spiro atoms. The van der Waals surface area contributed by atoms with Crippen LogP contribution >= 0.6 is 0 Å². The van der Waals surface area contributed by atoms with Crippen LogP contribution in [-0.4, -0.2) is 37.1 Å². The Morgan fingerprint density at radius 3 is 2.58 bits per heavy atom. The first kappa shape index (κ1) is 21.8. The number of ether oxygens (including phenoxy) is 3. The second-order valence-electron chi connectivity index (χ2n) is 6.16. The topological polar surface area (TPSA) is 102 Å². The average molecular weight is 434 g/mol. The molecule has 0 fully saturated rings. The van der Waals surface area contributed by atoms with Crippen LogP contribution in [0.4, 0.5) is 18.9 Å². The summed E-state index contributed by atoms with van der Waals surface area (Å²) in [6.45, 7) is -1.35. The molecule has 0 aliphatic carbocycles. The van der Waals surface area contributed by atoms with E-state index in [0.717, 1.165) is 0 Å². The molecule has 1 aromatic heterocycles. The van der Waals surface area contributed by atoms with Crippen LogP contribution in [0.1, 0.15) is 11.5 Å². The van der Waals surface area contributed by atoms with Gasteiger partial charge in [-0.2, -0.15) is 23.4 Å². The van der Waals surface area contributed by atoms with Crippen LogP contribution in [0.5, 0.6) is 17.2 Å². The van der Waals surface area contributed by atoms with Crippen LogP contribution in [0.25, 0.3) is 11.4 Å². The third-order valence-corrected chi connectivity index (χ3v) is 4.05. The minimum absolute atomic E-state index is 0.0385. The van der Waals surface area contributed by atoms with Gasteiger partial charge in [0.15, 0.2) is 6.61 Å². The Bertz CT molecular complexity index is 1090. The fourth-order valence-electron chi connectivity index (χ4n) is 2.61. The summed E-state index contributed by atoms with van der Waals surface area (Å²) in [5.74, 6) is 1.53. The molecule has 0 atom stereocenters. The number of alkyl halides is 3. The summed E-state index contributed by atoms with van der Waals surface area (Å²) in [4.78, 5) is 4.30. The van der Waals surface area contributed by atoms with E-state index in [1.807, 2.05) is 6.07 Å². The number of nitriles is 1. The minimum atomic E-state index is -4.49. The summed E-state index contributed by atoms with van der Waals surface area (Å²) in [7, 11) is 3.05. The third-order valence-electron chi connectivity index (χ3n) is 4.05. The zero-order valence-corrected chi connectivity index (χ0v) is 16.5. The summed E-state index contributed by atoms with van der Waals surface area (Å²) in [5, 5.41) is 16.1. The Labute approximate surface area is 175 Å². The van der Waals surface area contributed by atoms with Crippen LogP contribution in [0.2, 0.25) is 0 Å². The van der Waals surface area contributed by atoms with E-state index in [1.165, 1.54) is 25.3 Å². The number of aromatic nitrogens is 2. The summed E-state index contributed by atoms with van der Waals surface area (Å²) in [6, 6.07) is 11.1. The minimum Gasteiger partial charge on any atom is -0.497 e. The highest BCUT2D eigenvalue weighted by atomic mass is 19.4. The number of hydrogen-bond acceptors (Lipinski definition) is 8. The first-order chi connectivity index (χ1) is 14.8. The Kier molecular flexibility index (Phi) is 6.49. The van der Waals surface area contributed by atoms with E-state index in [9.17, 15) is 18.4 Å². The van der Waals surface area contributed by atoms with E-state index < -0.39 is 12.8 Å². The molecule has 0 saturated carbocycles. The lowest BCUT2D eigenvalue weighted by Crippen LogP contribution is -2.19. The molecule has 2 aromatic carbocycles. The maximum absolute atomic E-state index is 12.3. The second-order valence-corrected chi connectivity index (χ2v) is 6.16. The molecule has 31 heavy (non-hydrogen) atoms. The molecule has 11 heteroatoms. The van der Waals surface area contributed by atoms with Crippen LogP contribution in [-0.2, 0) is 6.54 Å². The van der Waals surface area contributed by atoms with Crippen molar-refractivity contribution in [3.05, 3.63) is 47.9 Å². The maximum Gasteiger partial charge on any atom is 0.422 e. The fraction of sp³-hybridized carbons (Fsp3) is 0.250. The van der Waals surface area contributed by atoms with Gasteiger partial charge in [-0.3, -0.25) is 0 Å². The van der Waals surface area contributed by atoms with Crippen molar-refractivity contribution < 1.29 is 31.9 Å². The van der Waals surface area contributed by atoms with Crippen molar-refractivity contribution in [1.82, 2.24) is 10.1 Å². The smallest absolute Gasteiger partial charge is 0.422 e. The molecular weight excluding hydrogens is 417 g/mol. The SMILES string of the molecule is COc1ccc(-c2noc(CNc3ccc(OCC(F)(F)F)c(C#N)c3)n2)c(OC)c1. The molecule has 1 N–H and O–H groups in total. The molecule has 0 saturated heterocycles. The highest BCUT2D eigenvalue weighted by Crippen LogP contribution is 2.31. The first-order valence-electron chi connectivity index (χ1n) is 8.85. The van der Waals surface area contributed by atoms with Gasteiger partial charge in [0.2, 0.25) is 11.7 Å². The van der Waals surface area contributed by atoms with Crippen LogP contribution < -0.4 is 19.5 Å². The highest BCUT2D eigenvalue weighted by Gasteiger charge is 2.28. The maximum atomic E-state index is 12.3. The number of anilines is 1. The van der Waals surface area contributed by atoms with E-state index in [2.05, 4.69) is 20.2 Å². The van der Waals surface area contributed by atoms with Gasteiger partial charge in [-0.05, 0) is 30.3 Å². The molecular formula is C20H17F3N4O4. The van der Waals surface area contributed by atoms with Crippen LogP contribution in [0.15, 0.2) is 40.9 Å². The lowest BCUT2D eigenvalue weighted by atomic mass is 10.2. The van der Waals surface area contributed by atoms with Gasteiger partial charge in [0.05, 0.1) is 31.9 Å². The number of nitrogens with zero attached hydrogens (tertiary/aromatic N) is 3. The van der Waals surface area contributed by atoms with Gasteiger partial charge >= 0.3 is 6.18 Å². The van der Waals surface area contributed by atoms with E-state index in [4.69, 9.17) is 14.0 Å².